The highest BCUT2D eigenvalue weighted by Gasteiger charge is 2.15. The number of halogens is 1. The Bertz CT molecular complexity index is 484. The summed E-state index contributed by atoms with van der Waals surface area (Å²) in [4.78, 5) is 22.9. The molecule has 0 aliphatic heterocycles. The first-order valence-electron chi connectivity index (χ1n) is 5.68. The second-order valence-corrected chi connectivity index (χ2v) is 4.26. The summed E-state index contributed by atoms with van der Waals surface area (Å²) in [5, 5.41) is 4.45. The van der Waals surface area contributed by atoms with Gasteiger partial charge in [-0.2, -0.15) is 5.10 Å². The number of nitrogens with zero attached hydrogens (tertiary/aromatic N) is 1. The highest BCUT2D eigenvalue weighted by atomic mass is 35.5. The number of Topliss-reactive ketones (excluding diaryl/α,β-unsaturated/α-hetero) is 2. The SMILES string of the molecule is CCCC(=O)C(=O)C(C)=NNc1cccc(Cl)c1. The fraction of sp³-hybridized carbons (Fsp3) is 0.308. The van der Waals surface area contributed by atoms with Crippen LogP contribution in [0.2, 0.25) is 5.02 Å². The standard InChI is InChI=1S/C13H15ClN2O2/c1-3-5-12(17)13(18)9(2)15-16-11-7-4-6-10(14)8-11/h4,6-8,16H,3,5H2,1-2H3. The minimum atomic E-state index is -0.550. The van der Waals surface area contributed by atoms with Crippen molar-refractivity contribution in [1.29, 1.82) is 0 Å². The number of carbonyl (C=O) groups excluding carboxylic acids is 2. The van der Waals surface area contributed by atoms with Crippen LogP contribution >= 0.6 is 11.6 Å². The van der Waals surface area contributed by atoms with Gasteiger partial charge in [-0.25, -0.2) is 0 Å². The van der Waals surface area contributed by atoms with Gasteiger partial charge < -0.3 is 0 Å². The van der Waals surface area contributed by atoms with E-state index in [1.54, 1.807) is 24.3 Å². The van der Waals surface area contributed by atoms with Gasteiger partial charge in [0.25, 0.3) is 0 Å². The lowest BCUT2D eigenvalue weighted by atomic mass is 10.1. The molecule has 0 fully saturated rings. The second kappa shape index (κ2) is 6.91. The lowest BCUT2D eigenvalue weighted by Gasteiger charge is -2.02. The van der Waals surface area contributed by atoms with E-state index in [-0.39, 0.29) is 12.1 Å². The molecular formula is C13H15ClN2O2. The Labute approximate surface area is 111 Å². The van der Waals surface area contributed by atoms with Gasteiger partial charge in [0.1, 0.15) is 5.71 Å². The summed E-state index contributed by atoms with van der Waals surface area (Å²) >= 11 is 5.80. The Hall–Kier alpha value is -1.68. The van der Waals surface area contributed by atoms with Crippen molar-refractivity contribution in [2.45, 2.75) is 26.7 Å². The molecule has 1 aromatic rings. The summed E-state index contributed by atoms with van der Waals surface area (Å²) in [6.45, 7) is 3.36. The zero-order chi connectivity index (χ0) is 13.5. The van der Waals surface area contributed by atoms with Crippen LogP contribution in [0.5, 0.6) is 0 Å². The molecular weight excluding hydrogens is 252 g/mol. The summed E-state index contributed by atoms with van der Waals surface area (Å²) in [6, 6.07) is 6.94. The van der Waals surface area contributed by atoms with Gasteiger partial charge in [0.05, 0.1) is 5.69 Å². The van der Waals surface area contributed by atoms with Crippen molar-refractivity contribution in [3.8, 4) is 0 Å². The van der Waals surface area contributed by atoms with Crippen LogP contribution in [0.25, 0.3) is 0 Å². The van der Waals surface area contributed by atoms with Crippen LogP contribution in [-0.4, -0.2) is 17.3 Å². The quantitative estimate of drug-likeness (QED) is 0.489. The number of hydrogen-bond acceptors (Lipinski definition) is 4. The molecule has 0 bridgehead atoms. The van der Waals surface area contributed by atoms with Crippen LogP contribution in [-0.2, 0) is 9.59 Å². The van der Waals surface area contributed by atoms with Crippen molar-refractivity contribution in [2.24, 2.45) is 5.10 Å². The van der Waals surface area contributed by atoms with Crippen molar-refractivity contribution < 1.29 is 9.59 Å². The average Bonchev–Trinajstić information content (AvgIpc) is 2.35. The molecule has 5 heteroatoms. The van der Waals surface area contributed by atoms with Crippen molar-refractivity contribution in [1.82, 2.24) is 0 Å². The third-order valence-electron chi connectivity index (χ3n) is 2.24. The number of ketones is 2. The van der Waals surface area contributed by atoms with Crippen molar-refractivity contribution in [3.63, 3.8) is 0 Å². The molecule has 1 aromatic carbocycles. The molecule has 0 heterocycles. The van der Waals surface area contributed by atoms with E-state index in [4.69, 9.17) is 11.6 Å². The average molecular weight is 267 g/mol. The first-order valence-corrected chi connectivity index (χ1v) is 6.05. The summed E-state index contributed by atoms with van der Waals surface area (Å²) in [5.41, 5.74) is 3.50. The highest BCUT2D eigenvalue weighted by Crippen LogP contribution is 2.14. The zero-order valence-electron chi connectivity index (χ0n) is 10.4. The van der Waals surface area contributed by atoms with E-state index >= 15 is 0 Å². The van der Waals surface area contributed by atoms with Crippen molar-refractivity contribution in [2.75, 3.05) is 5.43 Å². The molecule has 0 unspecified atom stereocenters. The Morgan fingerprint density at radius 1 is 1.39 bits per heavy atom. The van der Waals surface area contributed by atoms with E-state index in [0.717, 1.165) is 0 Å². The van der Waals surface area contributed by atoms with E-state index in [1.165, 1.54) is 6.92 Å². The zero-order valence-corrected chi connectivity index (χ0v) is 11.1. The van der Waals surface area contributed by atoms with Crippen LogP contribution in [0.15, 0.2) is 29.4 Å². The van der Waals surface area contributed by atoms with E-state index in [2.05, 4.69) is 10.5 Å². The predicted octanol–water partition coefficient (Wildman–Crippen LogP) is 3.07. The molecule has 0 aromatic heterocycles. The minimum Gasteiger partial charge on any atom is -0.290 e. The molecule has 0 radical (unpaired) electrons. The second-order valence-electron chi connectivity index (χ2n) is 3.82. The maximum Gasteiger partial charge on any atom is 0.244 e. The number of carbonyl (C=O) groups is 2. The summed E-state index contributed by atoms with van der Waals surface area (Å²) in [5.74, 6) is -0.960. The molecule has 0 saturated heterocycles. The molecule has 0 atom stereocenters. The topological polar surface area (TPSA) is 58.5 Å². The van der Waals surface area contributed by atoms with Gasteiger partial charge in [-0.15, -0.1) is 0 Å². The van der Waals surface area contributed by atoms with Gasteiger partial charge >= 0.3 is 0 Å². The van der Waals surface area contributed by atoms with Crippen LogP contribution < -0.4 is 5.43 Å². The lowest BCUT2D eigenvalue weighted by molar-refractivity contribution is -0.132. The van der Waals surface area contributed by atoms with Gasteiger partial charge in [-0.05, 0) is 31.5 Å². The van der Waals surface area contributed by atoms with Crippen molar-refractivity contribution >= 4 is 34.6 Å². The number of benzene rings is 1. The van der Waals surface area contributed by atoms with Crippen molar-refractivity contribution in [3.05, 3.63) is 29.3 Å². The molecule has 0 aliphatic rings. The minimum absolute atomic E-state index is 0.147. The predicted molar refractivity (Wildman–Crippen MR) is 73.1 cm³/mol. The van der Waals surface area contributed by atoms with Gasteiger partial charge in [0.2, 0.25) is 11.6 Å². The molecule has 0 aliphatic carbocycles. The number of hydrogen-bond donors (Lipinski definition) is 1. The summed E-state index contributed by atoms with van der Waals surface area (Å²) in [6.07, 6.45) is 0.905. The summed E-state index contributed by atoms with van der Waals surface area (Å²) in [7, 11) is 0. The van der Waals surface area contributed by atoms with Crippen LogP contribution in [0.4, 0.5) is 5.69 Å². The molecule has 96 valence electrons. The van der Waals surface area contributed by atoms with E-state index in [1.807, 2.05) is 6.92 Å². The molecule has 18 heavy (non-hydrogen) atoms. The molecule has 0 amide bonds. The molecule has 1 rings (SSSR count). The third kappa shape index (κ3) is 4.30. The molecule has 0 saturated carbocycles. The third-order valence-corrected chi connectivity index (χ3v) is 2.47. The number of anilines is 1. The number of nitrogens with one attached hydrogen (secondary N) is 1. The fourth-order valence-corrected chi connectivity index (χ4v) is 1.49. The van der Waals surface area contributed by atoms with Gasteiger partial charge in [-0.1, -0.05) is 24.6 Å². The van der Waals surface area contributed by atoms with E-state index in [0.29, 0.717) is 17.1 Å². The Balaban J connectivity index is 2.67. The van der Waals surface area contributed by atoms with Crippen LogP contribution in [0.3, 0.4) is 0 Å². The fourth-order valence-electron chi connectivity index (χ4n) is 1.30. The smallest absolute Gasteiger partial charge is 0.244 e. The van der Waals surface area contributed by atoms with E-state index in [9.17, 15) is 9.59 Å². The van der Waals surface area contributed by atoms with Gasteiger partial charge in [-0.3, -0.25) is 15.0 Å². The molecule has 1 N–H and O–H groups in total. The Morgan fingerprint density at radius 3 is 2.72 bits per heavy atom. The van der Waals surface area contributed by atoms with E-state index < -0.39 is 11.6 Å². The maximum absolute atomic E-state index is 11.6. The van der Waals surface area contributed by atoms with Gasteiger partial charge in [0.15, 0.2) is 0 Å². The molecule has 0 spiro atoms. The summed E-state index contributed by atoms with van der Waals surface area (Å²) < 4.78 is 0. The first kappa shape index (κ1) is 14.4. The van der Waals surface area contributed by atoms with Crippen LogP contribution in [0.1, 0.15) is 26.7 Å². The normalized spacial score (nSPS) is 11.2. The Kier molecular flexibility index (Phi) is 5.52. The maximum atomic E-state index is 11.6. The van der Waals surface area contributed by atoms with Crippen LogP contribution in [0, 0.1) is 0 Å². The molecule has 4 nitrogen and oxygen atoms in total. The van der Waals surface area contributed by atoms with Gasteiger partial charge in [0, 0.05) is 11.4 Å². The number of rotatable bonds is 6. The monoisotopic (exact) mass is 266 g/mol. The Morgan fingerprint density at radius 2 is 2.11 bits per heavy atom. The largest absolute Gasteiger partial charge is 0.290 e. The number of hydrazone groups is 1. The highest BCUT2D eigenvalue weighted by molar-refractivity contribution is 6.64. The lowest BCUT2D eigenvalue weighted by Crippen LogP contribution is -2.22. The first-order chi connectivity index (χ1) is 8.54.